The van der Waals surface area contributed by atoms with Crippen LogP contribution in [0.25, 0.3) is 0 Å². The fraction of sp³-hybridized carbons (Fsp3) is 0.250. The van der Waals surface area contributed by atoms with E-state index in [1.165, 1.54) is 0 Å². The van der Waals surface area contributed by atoms with Crippen LogP contribution in [0.5, 0.6) is 5.75 Å². The van der Waals surface area contributed by atoms with Crippen LogP contribution in [0.2, 0.25) is 0 Å². The molecule has 9 heteroatoms. The first kappa shape index (κ1) is 12.9. The highest BCUT2D eigenvalue weighted by molar-refractivity contribution is 7.16. The molecular formula is C8H7NO7S. The molecule has 0 atom stereocenters. The van der Waals surface area contributed by atoms with E-state index < -0.39 is 33.2 Å². The Bertz CT molecular complexity index is 492. The van der Waals surface area contributed by atoms with Crippen LogP contribution in [0.1, 0.15) is 19.3 Å². The zero-order chi connectivity index (χ0) is 13.2. The van der Waals surface area contributed by atoms with Gasteiger partial charge in [-0.05, 0) is 0 Å². The summed E-state index contributed by atoms with van der Waals surface area (Å²) in [5.74, 6) is -2.79. The first-order valence-electron chi connectivity index (χ1n) is 4.10. The molecule has 1 aromatic heterocycles. The van der Waals surface area contributed by atoms with Gasteiger partial charge < -0.3 is 14.6 Å². The highest BCUT2D eigenvalue weighted by atomic mass is 32.1. The number of esters is 1. The molecule has 0 aliphatic carbocycles. The van der Waals surface area contributed by atoms with Gasteiger partial charge in [0.15, 0.2) is 9.75 Å². The lowest BCUT2D eigenvalue weighted by Gasteiger charge is -1.99. The van der Waals surface area contributed by atoms with E-state index in [1.54, 1.807) is 0 Å². The Labute approximate surface area is 98.5 Å². The predicted molar refractivity (Wildman–Crippen MR) is 55.8 cm³/mol. The van der Waals surface area contributed by atoms with Gasteiger partial charge in [0, 0.05) is 0 Å². The Hall–Kier alpha value is -2.16. The average molecular weight is 261 g/mol. The van der Waals surface area contributed by atoms with Gasteiger partial charge in [0.25, 0.3) is 0 Å². The lowest BCUT2D eigenvalue weighted by Crippen LogP contribution is -2.02. The lowest BCUT2D eigenvalue weighted by atomic mass is 10.3. The molecule has 0 bridgehead atoms. The number of carbonyl (C=O) groups excluding carboxylic acids is 1. The molecule has 1 heterocycles. The molecule has 1 N–H and O–H groups in total. The molecule has 92 valence electrons. The molecule has 17 heavy (non-hydrogen) atoms. The zero-order valence-electron chi connectivity index (χ0n) is 8.75. The molecule has 0 spiro atoms. The summed E-state index contributed by atoms with van der Waals surface area (Å²) < 4.78 is 9.08. The van der Waals surface area contributed by atoms with Gasteiger partial charge in [-0.25, -0.2) is 9.59 Å². The smallest absolute Gasteiger partial charge is 0.353 e. The van der Waals surface area contributed by atoms with Gasteiger partial charge in [-0.3, -0.25) is 10.1 Å². The zero-order valence-corrected chi connectivity index (χ0v) is 9.57. The predicted octanol–water partition coefficient (Wildman–Crippen LogP) is 1.15. The second kappa shape index (κ2) is 4.78. The van der Waals surface area contributed by atoms with E-state index >= 15 is 0 Å². The van der Waals surface area contributed by atoms with Crippen LogP contribution in [0.3, 0.4) is 0 Å². The first-order valence-corrected chi connectivity index (χ1v) is 4.92. The molecule has 0 amide bonds. The van der Waals surface area contributed by atoms with Gasteiger partial charge in [0.05, 0.1) is 19.1 Å². The summed E-state index contributed by atoms with van der Waals surface area (Å²) >= 11 is 0.439. The number of hydrogen-bond acceptors (Lipinski definition) is 7. The van der Waals surface area contributed by atoms with Crippen molar-refractivity contribution in [3.05, 3.63) is 19.9 Å². The highest BCUT2D eigenvalue weighted by Gasteiger charge is 2.35. The molecule has 0 aliphatic heterocycles. The maximum atomic E-state index is 11.3. The summed E-state index contributed by atoms with van der Waals surface area (Å²) in [4.78, 5) is 31.1. The normalized spacial score (nSPS) is 9.76. The highest BCUT2D eigenvalue weighted by Crippen LogP contribution is 2.41. The second-order valence-electron chi connectivity index (χ2n) is 2.70. The number of thiophene rings is 1. The Morgan fingerprint density at radius 3 is 2.29 bits per heavy atom. The van der Waals surface area contributed by atoms with Gasteiger partial charge in [-0.1, -0.05) is 0 Å². The molecule has 0 unspecified atom stereocenters. The Balaban J connectivity index is 3.54. The third kappa shape index (κ3) is 2.18. The van der Waals surface area contributed by atoms with Crippen LogP contribution in [0.15, 0.2) is 0 Å². The molecule has 8 nitrogen and oxygen atoms in total. The largest absolute Gasteiger partial charge is 0.489 e. The third-order valence-electron chi connectivity index (χ3n) is 1.79. The summed E-state index contributed by atoms with van der Waals surface area (Å²) in [6.45, 7) is 0. The summed E-state index contributed by atoms with van der Waals surface area (Å²) in [7, 11) is 2.18. The number of carbonyl (C=O) groups is 2. The van der Waals surface area contributed by atoms with E-state index in [0.29, 0.717) is 11.3 Å². The maximum Gasteiger partial charge on any atom is 0.353 e. The monoisotopic (exact) mass is 261 g/mol. The van der Waals surface area contributed by atoms with E-state index in [9.17, 15) is 19.7 Å². The van der Waals surface area contributed by atoms with Crippen molar-refractivity contribution in [3.63, 3.8) is 0 Å². The van der Waals surface area contributed by atoms with E-state index in [1.807, 2.05) is 0 Å². The van der Waals surface area contributed by atoms with Crippen LogP contribution in [-0.4, -0.2) is 36.2 Å². The van der Waals surface area contributed by atoms with Crippen molar-refractivity contribution in [1.82, 2.24) is 0 Å². The molecule has 1 rings (SSSR count). The minimum absolute atomic E-state index is 0.251. The number of carboxylic acids is 1. The van der Waals surface area contributed by atoms with E-state index in [-0.39, 0.29) is 4.88 Å². The number of nitrogens with zero attached hydrogens (tertiary/aromatic N) is 1. The van der Waals surface area contributed by atoms with Crippen molar-refractivity contribution >= 4 is 29.0 Å². The van der Waals surface area contributed by atoms with E-state index in [2.05, 4.69) is 4.74 Å². The molecule has 0 aliphatic rings. The van der Waals surface area contributed by atoms with Crippen molar-refractivity contribution in [2.75, 3.05) is 14.2 Å². The number of rotatable bonds is 4. The van der Waals surface area contributed by atoms with Crippen molar-refractivity contribution in [1.29, 1.82) is 0 Å². The van der Waals surface area contributed by atoms with Gasteiger partial charge in [0.1, 0.15) is 0 Å². The van der Waals surface area contributed by atoms with Crippen molar-refractivity contribution in [2.24, 2.45) is 0 Å². The number of methoxy groups -OCH3 is 2. The fourth-order valence-corrected chi connectivity index (χ4v) is 2.13. The van der Waals surface area contributed by atoms with Gasteiger partial charge in [-0.15, -0.1) is 11.3 Å². The van der Waals surface area contributed by atoms with Crippen LogP contribution in [-0.2, 0) is 4.74 Å². The van der Waals surface area contributed by atoms with Crippen LogP contribution < -0.4 is 4.74 Å². The summed E-state index contributed by atoms with van der Waals surface area (Å²) in [5, 5.41) is 19.5. The van der Waals surface area contributed by atoms with Crippen molar-refractivity contribution < 1.29 is 29.1 Å². The van der Waals surface area contributed by atoms with Crippen molar-refractivity contribution in [2.45, 2.75) is 0 Å². The number of aromatic carboxylic acids is 1. The fourth-order valence-electron chi connectivity index (χ4n) is 1.13. The summed E-state index contributed by atoms with van der Waals surface area (Å²) in [5.41, 5.74) is -0.745. The van der Waals surface area contributed by atoms with Gasteiger partial charge in [-0.2, -0.15) is 0 Å². The van der Waals surface area contributed by atoms with E-state index in [4.69, 9.17) is 9.84 Å². The Morgan fingerprint density at radius 2 is 1.94 bits per heavy atom. The van der Waals surface area contributed by atoms with Crippen LogP contribution >= 0.6 is 11.3 Å². The quantitative estimate of drug-likeness (QED) is 0.490. The summed E-state index contributed by atoms with van der Waals surface area (Å²) in [6, 6.07) is 0. The van der Waals surface area contributed by atoms with Crippen molar-refractivity contribution in [3.8, 4) is 5.75 Å². The van der Waals surface area contributed by atoms with Crippen LogP contribution in [0, 0.1) is 10.1 Å². The van der Waals surface area contributed by atoms with Crippen LogP contribution in [0.4, 0.5) is 5.69 Å². The second-order valence-corrected chi connectivity index (χ2v) is 3.72. The average Bonchev–Trinajstić information content (AvgIpc) is 2.67. The first-order chi connectivity index (χ1) is 7.93. The molecule has 0 fully saturated rings. The summed E-state index contributed by atoms with van der Waals surface area (Å²) in [6.07, 6.45) is 0. The third-order valence-corrected chi connectivity index (χ3v) is 2.92. The van der Waals surface area contributed by atoms with E-state index in [0.717, 1.165) is 14.2 Å². The van der Waals surface area contributed by atoms with Gasteiger partial charge in [0.2, 0.25) is 5.75 Å². The number of carboxylic acid groups (broad SMARTS) is 1. The number of nitro groups is 1. The lowest BCUT2D eigenvalue weighted by molar-refractivity contribution is -0.385. The molecule has 0 aromatic carbocycles. The Morgan fingerprint density at radius 1 is 1.35 bits per heavy atom. The minimum Gasteiger partial charge on any atom is -0.489 e. The van der Waals surface area contributed by atoms with Gasteiger partial charge >= 0.3 is 17.6 Å². The standard InChI is InChI=1S/C8H7NO7S/c1-15-4-3(9(13)14)5(7(10)11)17-6(4)8(12)16-2/h1-2H3,(H,10,11). The molecular weight excluding hydrogens is 254 g/mol. The SMILES string of the molecule is COC(=O)c1sc(C(=O)O)c([N+](=O)[O-])c1OC. The topological polar surface area (TPSA) is 116 Å². The molecule has 0 saturated carbocycles. The Kier molecular flexibility index (Phi) is 3.63. The molecule has 0 saturated heterocycles. The number of hydrogen-bond donors (Lipinski definition) is 1. The minimum atomic E-state index is -1.50. The molecule has 1 aromatic rings. The molecule has 0 radical (unpaired) electrons. The maximum absolute atomic E-state index is 11.3. The number of ether oxygens (including phenoxy) is 2.